The van der Waals surface area contributed by atoms with E-state index in [9.17, 15) is 0 Å². The molecule has 3 rings (SSSR count). The number of hydrogen-bond acceptors (Lipinski definition) is 6. The summed E-state index contributed by atoms with van der Waals surface area (Å²) in [5.74, 6) is 3.04. The van der Waals surface area contributed by atoms with Crippen molar-refractivity contribution >= 4 is 0 Å². The first kappa shape index (κ1) is 16.8. The molecule has 0 unspecified atom stereocenters. The van der Waals surface area contributed by atoms with Gasteiger partial charge in [0, 0.05) is 6.42 Å². The van der Waals surface area contributed by atoms with Gasteiger partial charge in [-0.15, -0.1) is 0 Å². The van der Waals surface area contributed by atoms with Gasteiger partial charge in [-0.25, -0.2) is 0 Å². The van der Waals surface area contributed by atoms with Gasteiger partial charge >= 0.3 is 0 Å². The van der Waals surface area contributed by atoms with Crippen LogP contribution in [0, 0.1) is 0 Å². The Balaban J connectivity index is 1.52. The van der Waals surface area contributed by atoms with Gasteiger partial charge < -0.3 is 19.3 Å². The molecule has 1 saturated heterocycles. The van der Waals surface area contributed by atoms with Crippen molar-refractivity contribution in [1.82, 2.24) is 15.5 Å². The van der Waals surface area contributed by atoms with Gasteiger partial charge in [-0.2, -0.15) is 4.98 Å². The van der Waals surface area contributed by atoms with Gasteiger partial charge in [0.15, 0.2) is 17.3 Å². The molecule has 2 heterocycles. The van der Waals surface area contributed by atoms with Gasteiger partial charge in [0.25, 0.3) is 0 Å². The molecule has 1 aromatic heterocycles. The van der Waals surface area contributed by atoms with Crippen LogP contribution in [0.4, 0.5) is 0 Å². The molecular formula is C18H25N3O3. The van der Waals surface area contributed by atoms with Crippen LogP contribution < -0.4 is 14.8 Å². The Kier molecular flexibility index (Phi) is 5.69. The average molecular weight is 331 g/mol. The molecule has 6 nitrogen and oxygen atoms in total. The van der Waals surface area contributed by atoms with E-state index < -0.39 is 0 Å². The zero-order chi connectivity index (χ0) is 16.8. The molecular weight excluding hydrogens is 306 g/mol. The van der Waals surface area contributed by atoms with Gasteiger partial charge in [0.05, 0.1) is 20.3 Å². The van der Waals surface area contributed by atoms with Crippen LogP contribution in [-0.2, 0) is 12.8 Å². The van der Waals surface area contributed by atoms with Crippen molar-refractivity contribution < 1.29 is 14.0 Å². The Bertz CT molecular complexity index is 651. The maximum Gasteiger partial charge on any atom is 0.243 e. The minimum Gasteiger partial charge on any atom is -0.493 e. The highest BCUT2D eigenvalue weighted by Gasteiger charge is 2.20. The second kappa shape index (κ2) is 8.15. The summed E-state index contributed by atoms with van der Waals surface area (Å²) in [5, 5.41) is 7.54. The number of methoxy groups -OCH3 is 2. The molecule has 0 amide bonds. The van der Waals surface area contributed by atoms with Gasteiger partial charge in [-0.1, -0.05) is 17.6 Å². The van der Waals surface area contributed by atoms with E-state index in [1.54, 1.807) is 14.2 Å². The van der Waals surface area contributed by atoms with Crippen LogP contribution in [0.2, 0.25) is 0 Å². The number of ether oxygens (including phenoxy) is 2. The summed E-state index contributed by atoms with van der Waals surface area (Å²) in [4.78, 5) is 4.54. The lowest BCUT2D eigenvalue weighted by atomic mass is 10.1. The number of aryl methyl sites for hydroxylation is 2. The van der Waals surface area contributed by atoms with E-state index in [1.165, 1.54) is 18.4 Å². The normalized spacial score (nSPS) is 17.7. The third-order valence-corrected chi connectivity index (χ3v) is 4.41. The SMILES string of the molecule is COc1ccc(CCCc2noc([C@@H]3CCCCN3)n2)cc1OC. The molecule has 1 atom stereocenters. The monoisotopic (exact) mass is 331 g/mol. The number of piperidine rings is 1. The lowest BCUT2D eigenvalue weighted by molar-refractivity contribution is 0.296. The Labute approximate surface area is 142 Å². The van der Waals surface area contributed by atoms with Crippen molar-refractivity contribution in [2.75, 3.05) is 20.8 Å². The average Bonchev–Trinajstić information content (AvgIpc) is 3.11. The second-order valence-electron chi connectivity index (χ2n) is 6.09. The Morgan fingerprint density at radius 3 is 2.79 bits per heavy atom. The first-order valence-corrected chi connectivity index (χ1v) is 8.57. The fourth-order valence-corrected chi connectivity index (χ4v) is 3.06. The predicted octanol–water partition coefficient (Wildman–Crippen LogP) is 3.08. The molecule has 130 valence electrons. The largest absolute Gasteiger partial charge is 0.493 e. The van der Waals surface area contributed by atoms with E-state index in [2.05, 4.69) is 21.5 Å². The summed E-state index contributed by atoms with van der Waals surface area (Å²) < 4.78 is 16.0. The zero-order valence-electron chi connectivity index (χ0n) is 14.4. The summed E-state index contributed by atoms with van der Waals surface area (Å²) in [6.07, 6.45) is 6.23. The molecule has 1 N–H and O–H groups in total. The number of aromatic nitrogens is 2. The molecule has 0 bridgehead atoms. The van der Waals surface area contributed by atoms with Crippen LogP contribution in [0.1, 0.15) is 49.0 Å². The van der Waals surface area contributed by atoms with Crippen molar-refractivity contribution in [2.24, 2.45) is 0 Å². The Morgan fingerprint density at radius 1 is 1.17 bits per heavy atom. The predicted molar refractivity (Wildman–Crippen MR) is 90.5 cm³/mol. The molecule has 0 radical (unpaired) electrons. The van der Waals surface area contributed by atoms with E-state index in [-0.39, 0.29) is 6.04 Å². The fraction of sp³-hybridized carbons (Fsp3) is 0.556. The molecule has 1 aliphatic rings. The van der Waals surface area contributed by atoms with Gasteiger partial charge in [0.2, 0.25) is 5.89 Å². The molecule has 6 heteroatoms. The van der Waals surface area contributed by atoms with Gasteiger partial charge in [-0.05, 0) is 49.9 Å². The first-order chi connectivity index (χ1) is 11.8. The van der Waals surface area contributed by atoms with Gasteiger partial charge in [0.1, 0.15) is 0 Å². The van der Waals surface area contributed by atoms with Crippen molar-refractivity contribution in [3.63, 3.8) is 0 Å². The lowest BCUT2D eigenvalue weighted by Gasteiger charge is -2.19. The third-order valence-electron chi connectivity index (χ3n) is 4.41. The highest BCUT2D eigenvalue weighted by molar-refractivity contribution is 5.42. The van der Waals surface area contributed by atoms with Crippen LogP contribution in [0.25, 0.3) is 0 Å². The maximum atomic E-state index is 5.41. The Morgan fingerprint density at radius 2 is 2.04 bits per heavy atom. The van der Waals surface area contributed by atoms with Gasteiger partial charge in [-0.3, -0.25) is 0 Å². The quantitative estimate of drug-likeness (QED) is 0.841. The van der Waals surface area contributed by atoms with Crippen LogP contribution in [0.3, 0.4) is 0 Å². The minimum atomic E-state index is 0.228. The third kappa shape index (κ3) is 4.06. The van der Waals surface area contributed by atoms with E-state index in [0.29, 0.717) is 0 Å². The topological polar surface area (TPSA) is 69.4 Å². The molecule has 1 aromatic carbocycles. The lowest BCUT2D eigenvalue weighted by Crippen LogP contribution is -2.27. The number of nitrogens with one attached hydrogen (secondary N) is 1. The van der Waals surface area contributed by atoms with E-state index in [0.717, 1.165) is 55.4 Å². The zero-order valence-corrected chi connectivity index (χ0v) is 14.4. The number of rotatable bonds is 7. The fourth-order valence-electron chi connectivity index (χ4n) is 3.06. The number of hydrogen-bond donors (Lipinski definition) is 1. The molecule has 0 aliphatic carbocycles. The summed E-state index contributed by atoms with van der Waals surface area (Å²) in [5.41, 5.74) is 1.21. The van der Waals surface area contributed by atoms with Crippen molar-refractivity contribution in [1.29, 1.82) is 0 Å². The standard InChI is InChI=1S/C18H25N3O3/c1-22-15-10-9-13(12-16(15)23-2)6-5-8-17-20-18(24-21-17)14-7-3-4-11-19-14/h9-10,12,14,19H,3-8,11H2,1-2H3/t14-/m0/s1. The van der Waals surface area contributed by atoms with Crippen molar-refractivity contribution in [2.45, 2.75) is 44.6 Å². The molecule has 1 aliphatic heterocycles. The number of nitrogens with zero attached hydrogens (tertiary/aromatic N) is 2. The molecule has 2 aromatic rings. The van der Waals surface area contributed by atoms with Crippen LogP contribution in [-0.4, -0.2) is 30.9 Å². The second-order valence-corrected chi connectivity index (χ2v) is 6.09. The summed E-state index contributed by atoms with van der Waals surface area (Å²) in [6.45, 7) is 1.03. The number of benzene rings is 1. The summed E-state index contributed by atoms with van der Waals surface area (Å²) in [7, 11) is 3.30. The molecule has 0 spiro atoms. The van der Waals surface area contributed by atoms with E-state index >= 15 is 0 Å². The maximum absolute atomic E-state index is 5.41. The molecule has 0 saturated carbocycles. The van der Waals surface area contributed by atoms with Crippen LogP contribution in [0.15, 0.2) is 22.7 Å². The molecule has 24 heavy (non-hydrogen) atoms. The highest BCUT2D eigenvalue weighted by atomic mass is 16.5. The molecule has 1 fully saturated rings. The smallest absolute Gasteiger partial charge is 0.243 e. The van der Waals surface area contributed by atoms with E-state index in [4.69, 9.17) is 14.0 Å². The highest BCUT2D eigenvalue weighted by Crippen LogP contribution is 2.28. The van der Waals surface area contributed by atoms with Crippen LogP contribution in [0.5, 0.6) is 11.5 Å². The van der Waals surface area contributed by atoms with Crippen molar-refractivity contribution in [3.8, 4) is 11.5 Å². The Hall–Kier alpha value is -2.08. The van der Waals surface area contributed by atoms with Crippen molar-refractivity contribution in [3.05, 3.63) is 35.5 Å². The van der Waals surface area contributed by atoms with E-state index in [1.807, 2.05) is 12.1 Å². The van der Waals surface area contributed by atoms with Crippen LogP contribution >= 0.6 is 0 Å². The summed E-state index contributed by atoms with van der Waals surface area (Å²) in [6, 6.07) is 6.25. The summed E-state index contributed by atoms with van der Waals surface area (Å²) >= 11 is 0. The first-order valence-electron chi connectivity index (χ1n) is 8.57. The minimum absolute atomic E-state index is 0.228.